The number of furan rings is 1. The van der Waals surface area contributed by atoms with Crippen molar-refractivity contribution in [2.45, 2.75) is 31.7 Å². The average Bonchev–Trinajstić information content (AvgIpc) is 3.50. The third kappa shape index (κ3) is 4.24. The highest BCUT2D eigenvalue weighted by atomic mass is 16.5. The number of carboxylic acids is 1. The Kier molecular flexibility index (Phi) is 5.88. The molecule has 0 unspecified atom stereocenters. The molecular weight excluding hydrogens is 418 g/mol. The Labute approximate surface area is 192 Å². The smallest absolute Gasteiger partial charge is 0.339 e. The molecule has 0 saturated carbocycles. The lowest BCUT2D eigenvalue weighted by molar-refractivity contribution is 0.0693. The molecule has 7 nitrogen and oxygen atoms in total. The van der Waals surface area contributed by atoms with Crippen LogP contribution in [0.15, 0.2) is 59.7 Å². The Hall–Kier alpha value is -3.58. The normalized spacial score (nSPS) is 15.2. The maximum Gasteiger partial charge on any atom is 0.339 e. The number of likely N-dealkylation sites (tertiary alicyclic amines) is 1. The molecule has 170 valence electrons. The van der Waals surface area contributed by atoms with E-state index in [2.05, 4.69) is 27.1 Å². The number of piperidine rings is 1. The van der Waals surface area contributed by atoms with Crippen molar-refractivity contribution in [2.24, 2.45) is 0 Å². The van der Waals surface area contributed by atoms with Crippen molar-refractivity contribution in [1.29, 1.82) is 0 Å². The molecule has 1 saturated heterocycles. The van der Waals surface area contributed by atoms with E-state index in [1.807, 2.05) is 18.3 Å². The lowest BCUT2D eigenvalue weighted by Gasteiger charge is -2.32. The summed E-state index contributed by atoms with van der Waals surface area (Å²) in [6, 6.07) is 9.40. The van der Waals surface area contributed by atoms with E-state index >= 15 is 0 Å². The summed E-state index contributed by atoms with van der Waals surface area (Å²) in [4.78, 5) is 22.0. The topological polar surface area (TPSA) is 91.6 Å². The highest BCUT2D eigenvalue weighted by Crippen LogP contribution is 2.35. The zero-order chi connectivity index (χ0) is 22.8. The van der Waals surface area contributed by atoms with Crippen LogP contribution in [-0.4, -0.2) is 46.1 Å². The van der Waals surface area contributed by atoms with E-state index in [4.69, 9.17) is 9.15 Å². The summed E-state index contributed by atoms with van der Waals surface area (Å²) in [5, 5.41) is 10.7. The predicted molar refractivity (Wildman–Crippen MR) is 125 cm³/mol. The Morgan fingerprint density at radius 2 is 2.12 bits per heavy atom. The van der Waals surface area contributed by atoms with Crippen molar-refractivity contribution in [3.8, 4) is 5.75 Å². The number of methoxy groups -OCH3 is 1. The van der Waals surface area contributed by atoms with Gasteiger partial charge in [0, 0.05) is 36.3 Å². The number of fused-ring (bicyclic) bond motifs is 1. The lowest BCUT2D eigenvalue weighted by atomic mass is 9.89. The van der Waals surface area contributed by atoms with Crippen LogP contribution in [0.25, 0.3) is 10.9 Å². The molecule has 0 bridgehead atoms. The predicted octanol–water partition coefficient (Wildman–Crippen LogP) is 4.83. The van der Waals surface area contributed by atoms with Gasteiger partial charge in [-0.2, -0.15) is 0 Å². The molecule has 1 fully saturated rings. The van der Waals surface area contributed by atoms with E-state index in [0.717, 1.165) is 54.7 Å². The number of hydrogen-bond acceptors (Lipinski definition) is 5. The summed E-state index contributed by atoms with van der Waals surface area (Å²) in [5.74, 6) is -0.0267. The molecule has 4 heterocycles. The number of ether oxygens (including phenoxy) is 1. The standard InChI is InChI=1S/C26H27N3O4/c1-32-25-19(3-2-4-21(25)26(30)31)15-29-10-6-18(7-11-29)22-14-28-24-20(22)5-9-27-23(24)13-17-8-12-33-16-17/h2-5,8-9,12,14,16,18,28H,6-7,10-11,13,15H2,1H3,(H,30,31). The number of hydrogen-bond donors (Lipinski definition) is 2. The average molecular weight is 446 g/mol. The third-order valence-electron chi connectivity index (χ3n) is 6.62. The third-order valence-corrected chi connectivity index (χ3v) is 6.62. The van der Waals surface area contributed by atoms with Crippen LogP contribution < -0.4 is 4.74 Å². The SMILES string of the molecule is COc1c(CN2CCC(c3c[nH]c4c(Cc5ccoc5)nccc34)CC2)cccc1C(=O)O. The fourth-order valence-corrected chi connectivity index (χ4v) is 4.95. The van der Waals surface area contributed by atoms with Gasteiger partial charge < -0.3 is 19.2 Å². The number of rotatable bonds is 7. The molecule has 1 aromatic carbocycles. The van der Waals surface area contributed by atoms with Gasteiger partial charge in [-0.05, 0) is 61.2 Å². The number of pyridine rings is 1. The largest absolute Gasteiger partial charge is 0.496 e. The Morgan fingerprint density at radius 3 is 2.85 bits per heavy atom. The quantitative estimate of drug-likeness (QED) is 0.423. The lowest BCUT2D eigenvalue weighted by Crippen LogP contribution is -2.32. The summed E-state index contributed by atoms with van der Waals surface area (Å²) in [6.45, 7) is 2.58. The summed E-state index contributed by atoms with van der Waals surface area (Å²) in [5.41, 5.74) is 5.73. The van der Waals surface area contributed by atoms with Crippen molar-refractivity contribution in [3.63, 3.8) is 0 Å². The van der Waals surface area contributed by atoms with Crippen molar-refractivity contribution < 1.29 is 19.1 Å². The van der Waals surface area contributed by atoms with Crippen LogP contribution in [0.3, 0.4) is 0 Å². The molecule has 0 radical (unpaired) electrons. The maximum atomic E-state index is 11.5. The number of nitrogens with zero attached hydrogens (tertiary/aromatic N) is 2. The second-order valence-corrected chi connectivity index (χ2v) is 8.59. The van der Waals surface area contributed by atoms with E-state index in [0.29, 0.717) is 18.2 Å². The molecule has 0 amide bonds. The summed E-state index contributed by atoms with van der Waals surface area (Å²) in [7, 11) is 1.53. The Bertz CT molecular complexity index is 1250. The number of benzene rings is 1. The number of nitrogens with one attached hydrogen (secondary N) is 1. The molecule has 0 spiro atoms. The van der Waals surface area contributed by atoms with Gasteiger partial charge in [0.25, 0.3) is 0 Å². The fourth-order valence-electron chi connectivity index (χ4n) is 4.95. The first-order valence-corrected chi connectivity index (χ1v) is 11.2. The van der Waals surface area contributed by atoms with Crippen molar-refractivity contribution in [3.05, 3.63) is 83.2 Å². The molecule has 3 aromatic heterocycles. The highest BCUT2D eigenvalue weighted by Gasteiger charge is 2.25. The second-order valence-electron chi connectivity index (χ2n) is 8.59. The first kappa shape index (κ1) is 21.3. The van der Waals surface area contributed by atoms with Crippen molar-refractivity contribution in [1.82, 2.24) is 14.9 Å². The Morgan fingerprint density at radius 1 is 1.27 bits per heavy atom. The van der Waals surface area contributed by atoms with Crippen LogP contribution >= 0.6 is 0 Å². The maximum absolute atomic E-state index is 11.5. The van der Waals surface area contributed by atoms with Gasteiger partial charge in [0.2, 0.25) is 0 Å². The van der Waals surface area contributed by atoms with Gasteiger partial charge in [0.05, 0.1) is 30.8 Å². The number of para-hydroxylation sites is 1. The van der Waals surface area contributed by atoms with Gasteiger partial charge in [-0.1, -0.05) is 12.1 Å². The monoisotopic (exact) mass is 445 g/mol. The van der Waals surface area contributed by atoms with E-state index in [1.54, 1.807) is 24.7 Å². The van der Waals surface area contributed by atoms with Gasteiger partial charge in [0.1, 0.15) is 11.3 Å². The first-order valence-electron chi connectivity index (χ1n) is 11.2. The first-order chi connectivity index (χ1) is 16.1. The van der Waals surface area contributed by atoms with Crippen LogP contribution in [0.5, 0.6) is 5.75 Å². The van der Waals surface area contributed by atoms with Gasteiger partial charge in [-0.3, -0.25) is 9.88 Å². The van der Waals surface area contributed by atoms with Crippen molar-refractivity contribution >= 4 is 16.9 Å². The van der Waals surface area contributed by atoms with Gasteiger partial charge >= 0.3 is 5.97 Å². The van der Waals surface area contributed by atoms with Crippen LogP contribution in [0.1, 0.15) is 51.5 Å². The van der Waals surface area contributed by atoms with Crippen LogP contribution in [0.4, 0.5) is 0 Å². The molecule has 33 heavy (non-hydrogen) atoms. The van der Waals surface area contributed by atoms with Crippen LogP contribution in [0.2, 0.25) is 0 Å². The molecule has 1 aliphatic heterocycles. The molecule has 7 heteroatoms. The molecule has 2 N–H and O–H groups in total. The number of aromatic nitrogens is 2. The van der Waals surface area contributed by atoms with E-state index in [-0.39, 0.29) is 5.56 Å². The van der Waals surface area contributed by atoms with Crippen LogP contribution in [-0.2, 0) is 13.0 Å². The minimum atomic E-state index is -0.964. The zero-order valence-corrected chi connectivity index (χ0v) is 18.6. The van der Waals surface area contributed by atoms with E-state index in [9.17, 15) is 9.90 Å². The highest BCUT2D eigenvalue weighted by molar-refractivity contribution is 5.91. The molecule has 1 aliphatic rings. The molecule has 5 rings (SSSR count). The van der Waals surface area contributed by atoms with Crippen LogP contribution in [0, 0.1) is 0 Å². The van der Waals surface area contributed by atoms with E-state index in [1.165, 1.54) is 18.1 Å². The Balaban J connectivity index is 1.29. The van der Waals surface area contributed by atoms with Gasteiger partial charge in [-0.25, -0.2) is 4.79 Å². The molecular formula is C26H27N3O4. The molecule has 4 aromatic rings. The van der Waals surface area contributed by atoms with Gasteiger partial charge in [0.15, 0.2) is 0 Å². The minimum Gasteiger partial charge on any atom is -0.496 e. The summed E-state index contributed by atoms with van der Waals surface area (Å²) < 4.78 is 10.6. The number of aromatic amines is 1. The number of carboxylic acid groups (broad SMARTS) is 1. The number of carbonyl (C=O) groups is 1. The fraction of sp³-hybridized carbons (Fsp3) is 0.308. The molecule has 0 aliphatic carbocycles. The van der Waals surface area contributed by atoms with E-state index < -0.39 is 5.97 Å². The zero-order valence-electron chi connectivity index (χ0n) is 18.6. The molecule has 0 atom stereocenters. The number of H-pyrrole nitrogens is 1. The minimum absolute atomic E-state index is 0.212. The summed E-state index contributed by atoms with van der Waals surface area (Å²) in [6.07, 6.45) is 10.3. The second kappa shape index (κ2) is 9.11. The van der Waals surface area contributed by atoms with Crippen molar-refractivity contribution in [2.75, 3.05) is 20.2 Å². The summed E-state index contributed by atoms with van der Waals surface area (Å²) >= 11 is 0. The van der Waals surface area contributed by atoms with Gasteiger partial charge in [-0.15, -0.1) is 0 Å². The number of aromatic carboxylic acids is 1.